The van der Waals surface area contributed by atoms with E-state index in [9.17, 15) is 4.79 Å². The Morgan fingerprint density at radius 3 is 3.00 bits per heavy atom. The Morgan fingerprint density at radius 1 is 1.53 bits per heavy atom. The van der Waals surface area contributed by atoms with E-state index in [2.05, 4.69) is 20.2 Å². The molecule has 102 valence electrons. The molecular formula is C14H20N4O. The molecular weight excluding hydrogens is 240 g/mol. The van der Waals surface area contributed by atoms with Gasteiger partial charge in [0, 0.05) is 26.0 Å². The van der Waals surface area contributed by atoms with Gasteiger partial charge in [0.1, 0.15) is 5.54 Å². The van der Waals surface area contributed by atoms with Crippen molar-refractivity contribution >= 4 is 5.91 Å². The van der Waals surface area contributed by atoms with Gasteiger partial charge in [0.15, 0.2) is 0 Å². The van der Waals surface area contributed by atoms with Crippen LogP contribution in [-0.2, 0) is 10.3 Å². The Hall–Kier alpha value is -1.49. The van der Waals surface area contributed by atoms with Crippen molar-refractivity contribution in [1.29, 1.82) is 0 Å². The number of nitrogens with zero attached hydrogens (tertiary/aromatic N) is 3. The predicted molar refractivity (Wildman–Crippen MR) is 71.3 cm³/mol. The lowest BCUT2D eigenvalue weighted by molar-refractivity contribution is -0.132. The van der Waals surface area contributed by atoms with Crippen molar-refractivity contribution in [3.8, 4) is 0 Å². The topological polar surface area (TPSA) is 58.1 Å². The van der Waals surface area contributed by atoms with Crippen LogP contribution in [0.3, 0.4) is 0 Å². The minimum Gasteiger partial charge on any atom is -0.357 e. The molecule has 5 nitrogen and oxygen atoms in total. The summed E-state index contributed by atoms with van der Waals surface area (Å²) in [7, 11) is 1.70. The van der Waals surface area contributed by atoms with Crippen LogP contribution < -0.4 is 5.32 Å². The van der Waals surface area contributed by atoms with Gasteiger partial charge in [0.25, 0.3) is 0 Å². The highest BCUT2D eigenvalue weighted by Gasteiger charge is 2.50. The van der Waals surface area contributed by atoms with Crippen molar-refractivity contribution in [3.63, 3.8) is 0 Å². The summed E-state index contributed by atoms with van der Waals surface area (Å²) in [6, 6.07) is 0. The first-order valence-electron chi connectivity index (χ1n) is 7.01. The molecule has 2 heterocycles. The largest absolute Gasteiger partial charge is 0.357 e. The Kier molecular flexibility index (Phi) is 3.22. The molecule has 1 N–H and O–H groups in total. The molecule has 2 aliphatic rings. The van der Waals surface area contributed by atoms with E-state index >= 15 is 0 Å². The smallest absolute Gasteiger partial charge is 0.246 e. The number of carbonyl (C=O) groups excluding carboxylic acids is 1. The molecule has 0 spiro atoms. The molecule has 2 fully saturated rings. The van der Waals surface area contributed by atoms with Crippen molar-refractivity contribution in [2.24, 2.45) is 5.92 Å². The Morgan fingerprint density at radius 2 is 2.37 bits per heavy atom. The molecule has 1 amide bonds. The fourth-order valence-corrected chi connectivity index (χ4v) is 3.12. The summed E-state index contributed by atoms with van der Waals surface area (Å²) in [6.45, 7) is 1.98. The first kappa shape index (κ1) is 12.5. The number of hydrogen-bond acceptors (Lipinski definition) is 4. The maximum absolute atomic E-state index is 12.5. The molecule has 1 aliphatic heterocycles. The average molecular weight is 260 g/mol. The van der Waals surface area contributed by atoms with Crippen LogP contribution in [-0.4, -0.2) is 40.9 Å². The lowest BCUT2D eigenvalue weighted by Gasteiger charge is -2.36. The van der Waals surface area contributed by atoms with Gasteiger partial charge in [-0.2, -0.15) is 0 Å². The van der Waals surface area contributed by atoms with Crippen LogP contribution in [0.5, 0.6) is 0 Å². The van der Waals surface area contributed by atoms with Gasteiger partial charge >= 0.3 is 0 Å². The number of hydrogen-bond donors (Lipinski definition) is 1. The lowest BCUT2D eigenvalue weighted by Crippen LogP contribution is -2.53. The number of likely N-dealkylation sites (tertiary alicyclic amines) is 1. The molecule has 0 radical (unpaired) electrons. The molecule has 0 aromatic carbocycles. The molecule has 1 aromatic rings. The Labute approximate surface area is 113 Å². The van der Waals surface area contributed by atoms with Crippen LogP contribution in [0, 0.1) is 5.92 Å². The molecule has 1 aromatic heterocycles. The average Bonchev–Trinajstić information content (AvgIpc) is 3.17. The zero-order chi connectivity index (χ0) is 13.3. The molecule has 19 heavy (non-hydrogen) atoms. The molecule has 1 aliphatic carbocycles. The van der Waals surface area contributed by atoms with E-state index in [1.54, 1.807) is 25.6 Å². The summed E-state index contributed by atoms with van der Waals surface area (Å²) in [4.78, 5) is 23.4. The normalized spacial score (nSPS) is 27.4. The third-order valence-electron chi connectivity index (χ3n) is 4.27. The van der Waals surface area contributed by atoms with Crippen molar-refractivity contribution in [1.82, 2.24) is 20.2 Å². The minimum absolute atomic E-state index is 0.0474. The van der Waals surface area contributed by atoms with Gasteiger partial charge in [0.05, 0.1) is 11.9 Å². The lowest BCUT2D eigenvalue weighted by atomic mass is 9.90. The summed E-state index contributed by atoms with van der Waals surface area (Å²) < 4.78 is 0. The van der Waals surface area contributed by atoms with Crippen molar-refractivity contribution in [3.05, 3.63) is 24.3 Å². The molecule has 5 heteroatoms. The monoisotopic (exact) mass is 260 g/mol. The summed E-state index contributed by atoms with van der Waals surface area (Å²) in [5.41, 5.74) is 0.179. The van der Waals surface area contributed by atoms with Crippen molar-refractivity contribution < 1.29 is 4.79 Å². The quantitative estimate of drug-likeness (QED) is 0.874. The number of aromatic nitrogens is 2. The number of likely N-dealkylation sites (N-methyl/N-ethyl adjacent to an activating group) is 1. The standard InChI is InChI=1S/C14H20N4O/c1-15-13(19)14(12-9-16-6-7-17-12)5-2-8-18(14)10-11-3-4-11/h6-7,9,11H,2-5,8,10H2,1H3,(H,15,19)/t14-/m1/s1. The van der Waals surface area contributed by atoms with Crippen molar-refractivity contribution in [2.45, 2.75) is 31.2 Å². The highest BCUT2D eigenvalue weighted by atomic mass is 16.2. The molecule has 1 saturated carbocycles. The van der Waals surface area contributed by atoms with Crippen LogP contribution in [0.4, 0.5) is 0 Å². The molecule has 3 rings (SSSR count). The maximum atomic E-state index is 12.5. The minimum atomic E-state index is -0.606. The van der Waals surface area contributed by atoms with E-state index in [0.717, 1.165) is 37.5 Å². The van der Waals surface area contributed by atoms with Gasteiger partial charge < -0.3 is 5.32 Å². The summed E-state index contributed by atoms with van der Waals surface area (Å²) in [5, 5.41) is 2.82. The third-order valence-corrected chi connectivity index (χ3v) is 4.27. The van der Waals surface area contributed by atoms with E-state index < -0.39 is 5.54 Å². The molecule has 1 saturated heterocycles. The van der Waals surface area contributed by atoms with Crippen LogP contribution >= 0.6 is 0 Å². The Balaban J connectivity index is 1.97. The van der Waals surface area contributed by atoms with E-state index in [1.807, 2.05) is 0 Å². The maximum Gasteiger partial charge on any atom is 0.246 e. The van der Waals surface area contributed by atoms with Gasteiger partial charge in [-0.05, 0) is 38.1 Å². The first-order chi connectivity index (χ1) is 9.27. The second kappa shape index (κ2) is 4.89. The van der Waals surface area contributed by atoms with E-state index in [0.29, 0.717) is 0 Å². The fraction of sp³-hybridized carbons (Fsp3) is 0.643. The Bertz CT molecular complexity index is 460. The van der Waals surface area contributed by atoms with E-state index in [-0.39, 0.29) is 5.91 Å². The van der Waals surface area contributed by atoms with Gasteiger partial charge in [-0.1, -0.05) is 0 Å². The van der Waals surface area contributed by atoms with Gasteiger partial charge in [-0.25, -0.2) is 0 Å². The van der Waals surface area contributed by atoms with Gasteiger partial charge in [-0.3, -0.25) is 19.7 Å². The second-order valence-electron chi connectivity index (χ2n) is 5.52. The fourth-order valence-electron chi connectivity index (χ4n) is 3.12. The van der Waals surface area contributed by atoms with Gasteiger partial charge in [0.2, 0.25) is 5.91 Å². The number of rotatable bonds is 4. The molecule has 0 unspecified atom stereocenters. The first-order valence-corrected chi connectivity index (χ1v) is 7.01. The number of carbonyl (C=O) groups is 1. The SMILES string of the molecule is CNC(=O)[C@]1(c2cnccn2)CCCN1CC1CC1. The zero-order valence-electron chi connectivity index (χ0n) is 11.3. The van der Waals surface area contributed by atoms with Crippen LogP contribution in [0.2, 0.25) is 0 Å². The third kappa shape index (κ3) is 2.12. The van der Waals surface area contributed by atoms with Crippen LogP contribution in [0.25, 0.3) is 0 Å². The van der Waals surface area contributed by atoms with Gasteiger partial charge in [-0.15, -0.1) is 0 Å². The summed E-state index contributed by atoms with van der Waals surface area (Å²) in [5.74, 6) is 0.810. The molecule has 0 bridgehead atoms. The van der Waals surface area contributed by atoms with Crippen LogP contribution in [0.1, 0.15) is 31.4 Å². The van der Waals surface area contributed by atoms with E-state index in [4.69, 9.17) is 0 Å². The number of amides is 1. The summed E-state index contributed by atoms with van der Waals surface area (Å²) in [6.07, 6.45) is 9.52. The summed E-state index contributed by atoms with van der Waals surface area (Å²) >= 11 is 0. The molecule has 1 atom stereocenters. The highest BCUT2D eigenvalue weighted by molar-refractivity contribution is 5.87. The van der Waals surface area contributed by atoms with E-state index in [1.165, 1.54) is 12.8 Å². The van der Waals surface area contributed by atoms with Crippen molar-refractivity contribution in [2.75, 3.05) is 20.1 Å². The predicted octanol–water partition coefficient (Wildman–Crippen LogP) is 0.924. The zero-order valence-corrected chi connectivity index (χ0v) is 11.3. The highest BCUT2D eigenvalue weighted by Crippen LogP contribution is 2.41. The second-order valence-corrected chi connectivity index (χ2v) is 5.52. The number of nitrogens with one attached hydrogen (secondary N) is 1. The van der Waals surface area contributed by atoms with Crippen LogP contribution in [0.15, 0.2) is 18.6 Å².